The minimum Gasteiger partial charge on any atom is -0.396 e. The maximum Gasteiger partial charge on any atom is 0.417 e. The molecule has 0 aromatic carbocycles. The summed E-state index contributed by atoms with van der Waals surface area (Å²) >= 11 is 0. The molecule has 0 aliphatic heterocycles. The van der Waals surface area contributed by atoms with Crippen molar-refractivity contribution in [2.45, 2.75) is 18.5 Å². The van der Waals surface area contributed by atoms with E-state index in [1.165, 1.54) is 6.07 Å². The molecule has 1 heterocycles. The molecule has 1 N–H and O–H groups in total. The van der Waals surface area contributed by atoms with E-state index in [4.69, 9.17) is 5.11 Å². The third-order valence-electron chi connectivity index (χ3n) is 2.65. The number of aliphatic hydroxyl groups excluding tert-OH is 1. The quantitative estimate of drug-likeness (QED) is 0.823. The number of aliphatic hydroxyl groups is 1. The molecule has 0 amide bonds. The smallest absolute Gasteiger partial charge is 0.396 e. The van der Waals surface area contributed by atoms with E-state index >= 15 is 0 Å². The minimum absolute atomic E-state index is 0.0768. The fraction of sp³-hybridized carbons (Fsp3) is 0.500. The second kappa shape index (κ2) is 3.48. The highest BCUT2D eigenvalue weighted by Gasteiger charge is 2.39. The van der Waals surface area contributed by atoms with Crippen molar-refractivity contribution in [3.05, 3.63) is 29.6 Å². The molecular weight excluding hydrogens is 207 g/mol. The van der Waals surface area contributed by atoms with Crippen LogP contribution in [-0.4, -0.2) is 16.7 Å². The lowest BCUT2D eigenvalue weighted by molar-refractivity contribution is -0.137. The number of nitrogens with zero attached hydrogens (tertiary/aromatic N) is 1. The number of aromatic nitrogens is 1. The van der Waals surface area contributed by atoms with Gasteiger partial charge in [0.1, 0.15) is 0 Å². The molecule has 1 aromatic rings. The Morgan fingerprint density at radius 3 is 2.53 bits per heavy atom. The van der Waals surface area contributed by atoms with Gasteiger partial charge in [-0.15, -0.1) is 0 Å². The molecular formula is C10H10F3NO. The van der Waals surface area contributed by atoms with Crippen molar-refractivity contribution in [1.82, 2.24) is 4.98 Å². The number of rotatable bonds is 2. The molecule has 1 aliphatic carbocycles. The molecule has 0 spiro atoms. The zero-order valence-corrected chi connectivity index (χ0v) is 7.83. The Bertz CT molecular complexity index is 347. The minimum atomic E-state index is -4.33. The number of hydrogen-bond donors (Lipinski definition) is 1. The summed E-state index contributed by atoms with van der Waals surface area (Å²) in [6.07, 6.45) is -2.66. The van der Waals surface area contributed by atoms with Crippen molar-refractivity contribution in [3.8, 4) is 0 Å². The predicted molar refractivity (Wildman–Crippen MR) is 47.2 cm³/mol. The molecule has 0 radical (unpaired) electrons. The van der Waals surface area contributed by atoms with Crippen molar-refractivity contribution in [3.63, 3.8) is 0 Å². The zero-order valence-electron chi connectivity index (χ0n) is 7.83. The van der Waals surface area contributed by atoms with E-state index in [1.807, 2.05) is 0 Å². The van der Waals surface area contributed by atoms with E-state index in [0.29, 0.717) is 5.69 Å². The largest absolute Gasteiger partial charge is 0.417 e. The topological polar surface area (TPSA) is 33.1 Å². The Morgan fingerprint density at radius 2 is 2.13 bits per heavy atom. The van der Waals surface area contributed by atoms with Crippen LogP contribution < -0.4 is 0 Å². The van der Waals surface area contributed by atoms with Crippen LogP contribution in [0.15, 0.2) is 18.3 Å². The van der Waals surface area contributed by atoms with E-state index in [2.05, 4.69) is 4.98 Å². The van der Waals surface area contributed by atoms with E-state index in [-0.39, 0.29) is 18.4 Å². The number of hydrogen-bond acceptors (Lipinski definition) is 2. The van der Waals surface area contributed by atoms with Crippen LogP contribution in [0.2, 0.25) is 0 Å². The summed E-state index contributed by atoms with van der Waals surface area (Å²) in [5.74, 6) is 0.312. The van der Waals surface area contributed by atoms with E-state index in [1.54, 1.807) is 0 Å². The van der Waals surface area contributed by atoms with Crippen LogP contribution in [0, 0.1) is 5.92 Å². The average Bonchev–Trinajstić information content (AvgIpc) is 2.95. The van der Waals surface area contributed by atoms with Gasteiger partial charge in [-0.1, -0.05) is 0 Å². The van der Waals surface area contributed by atoms with Gasteiger partial charge >= 0.3 is 6.18 Å². The van der Waals surface area contributed by atoms with Crippen LogP contribution in [-0.2, 0) is 6.18 Å². The molecule has 2 rings (SSSR count). The lowest BCUT2D eigenvalue weighted by Crippen LogP contribution is -2.05. The van der Waals surface area contributed by atoms with Gasteiger partial charge in [0.2, 0.25) is 0 Å². The molecule has 1 saturated carbocycles. The van der Waals surface area contributed by atoms with Crippen LogP contribution >= 0.6 is 0 Å². The van der Waals surface area contributed by atoms with Crippen molar-refractivity contribution in [2.75, 3.05) is 6.61 Å². The van der Waals surface area contributed by atoms with Crippen molar-refractivity contribution >= 4 is 0 Å². The SMILES string of the molecule is OC[C@H]1C[C@@H]1c1ccc(C(F)(F)F)cn1. The maximum absolute atomic E-state index is 12.2. The summed E-state index contributed by atoms with van der Waals surface area (Å²) in [6, 6.07) is 2.43. The van der Waals surface area contributed by atoms with Gasteiger partial charge in [-0.05, 0) is 24.5 Å². The van der Waals surface area contributed by atoms with Crippen LogP contribution in [0.5, 0.6) is 0 Å². The molecule has 5 heteroatoms. The highest BCUT2D eigenvalue weighted by atomic mass is 19.4. The monoisotopic (exact) mass is 217 g/mol. The van der Waals surface area contributed by atoms with Gasteiger partial charge in [0.05, 0.1) is 5.56 Å². The predicted octanol–water partition coefficient (Wildman–Crippen LogP) is 2.20. The van der Waals surface area contributed by atoms with E-state index < -0.39 is 11.7 Å². The fourth-order valence-electron chi connectivity index (χ4n) is 1.60. The summed E-state index contributed by atoms with van der Waals surface area (Å²) in [4.78, 5) is 3.77. The van der Waals surface area contributed by atoms with Crippen LogP contribution in [0.1, 0.15) is 23.6 Å². The molecule has 1 aliphatic rings. The first-order chi connectivity index (χ1) is 7.02. The first kappa shape index (κ1) is 10.4. The van der Waals surface area contributed by atoms with Gasteiger partial charge in [0.25, 0.3) is 0 Å². The van der Waals surface area contributed by atoms with Crippen molar-refractivity contribution in [1.29, 1.82) is 0 Å². The van der Waals surface area contributed by atoms with Crippen LogP contribution in [0.3, 0.4) is 0 Å². The first-order valence-electron chi connectivity index (χ1n) is 4.66. The molecule has 2 atom stereocenters. The number of pyridine rings is 1. The molecule has 1 aromatic heterocycles. The molecule has 82 valence electrons. The van der Waals surface area contributed by atoms with Gasteiger partial charge in [-0.3, -0.25) is 4.98 Å². The molecule has 0 saturated heterocycles. The Balaban J connectivity index is 2.12. The van der Waals surface area contributed by atoms with Gasteiger partial charge in [0, 0.05) is 24.4 Å². The Morgan fingerprint density at radius 1 is 1.40 bits per heavy atom. The van der Waals surface area contributed by atoms with Gasteiger partial charge < -0.3 is 5.11 Å². The average molecular weight is 217 g/mol. The summed E-state index contributed by atoms with van der Waals surface area (Å²) in [6.45, 7) is 0.0768. The van der Waals surface area contributed by atoms with Crippen molar-refractivity contribution in [2.24, 2.45) is 5.92 Å². The van der Waals surface area contributed by atoms with Gasteiger partial charge in [0.15, 0.2) is 0 Å². The van der Waals surface area contributed by atoms with E-state index in [0.717, 1.165) is 18.7 Å². The number of alkyl halides is 3. The lowest BCUT2D eigenvalue weighted by Gasteiger charge is -2.06. The molecule has 1 fully saturated rings. The van der Waals surface area contributed by atoms with Crippen molar-refractivity contribution < 1.29 is 18.3 Å². The lowest BCUT2D eigenvalue weighted by atomic mass is 10.2. The Kier molecular flexibility index (Phi) is 2.42. The second-order valence-corrected chi connectivity index (χ2v) is 3.75. The molecule has 15 heavy (non-hydrogen) atoms. The first-order valence-corrected chi connectivity index (χ1v) is 4.66. The van der Waals surface area contributed by atoms with Crippen LogP contribution in [0.25, 0.3) is 0 Å². The second-order valence-electron chi connectivity index (χ2n) is 3.75. The third-order valence-corrected chi connectivity index (χ3v) is 2.65. The highest BCUT2D eigenvalue weighted by Crippen LogP contribution is 2.46. The molecule has 2 nitrogen and oxygen atoms in total. The summed E-state index contributed by atoms with van der Waals surface area (Å²) in [7, 11) is 0. The molecule has 0 unspecified atom stereocenters. The van der Waals surface area contributed by atoms with Gasteiger partial charge in [-0.25, -0.2) is 0 Å². The van der Waals surface area contributed by atoms with E-state index in [9.17, 15) is 13.2 Å². The Hall–Kier alpha value is -1.10. The number of halogens is 3. The third kappa shape index (κ3) is 2.12. The maximum atomic E-state index is 12.2. The standard InChI is InChI=1S/C10H10F3NO/c11-10(12,13)7-1-2-9(14-4-7)8-3-6(8)5-15/h1-2,4,6,8,15H,3,5H2/t6-,8+/m1/s1. The normalized spacial score (nSPS) is 25.3. The van der Waals surface area contributed by atoms with Gasteiger partial charge in [-0.2, -0.15) is 13.2 Å². The summed E-state index contributed by atoms with van der Waals surface area (Å²) < 4.78 is 36.6. The fourth-order valence-corrected chi connectivity index (χ4v) is 1.60. The highest BCUT2D eigenvalue weighted by molar-refractivity contribution is 5.23. The summed E-state index contributed by atoms with van der Waals surface area (Å²) in [5.41, 5.74) is -0.0884. The molecule has 0 bridgehead atoms. The zero-order chi connectivity index (χ0) is 11.1. The van der Waals surface area contributed by atoms with Crippen LogP contribution in [0.4, 0.5) is 13.2 Å². The summed E-state index contributed by atoms with van der Waals surface area (Å²) in [5, 5.41) is 8.81. The Labute approximate surface area is 84.8 Å².